The Balaban J connectivity index is 2.06. The molecular formula is C15H22BrN3S2. The lowest BCUT2D eigenvalue weighted by Gasteiger charge is -2.15. The highest BCUT2D eigenvalue weighted by atomic mass is 79.9. The van der Waals surface area contributed by atoms with Crippen LogP contribution in [0.3, 0.4) is 0 Å². The maximum absolute atomic E-state index is 4.74. The van der Waals surface area contributed by atoms with E-state index in [1.54, 1.807) is 22.7 Å². The largest absolute Gasteiger partial charge is 0.347 e. The zero-order valence-electron chi connectivity index (χ0n) is 12.9. The molecule has 0 aliphatic rings. The van der Waals surface area contributed by atoms with E-state index in [-0.39, 0.29) is 0 Å². The quantitative estimate of drug-likeness (QED) is 0.726. The first-order valence-corrected chi connectivity index (χ1v) is 9.65. The van der Waals surface area contributed by atoms with Gasteiger partial charge < -0.3 is 10.2 Å². The molecule has 1 unspecified atom stereocenters. The van der Waals surface area contributed by atoms with E-state index in [0.717, 1.165) is 30.3 Å². The number of aromatic nitrogens is 1. The fourth-order valence-corrected chi connectivity index (χ4v) is 4.44. The van der Waals surface area contributed by atoms with Crippen molar-refractivity contribution in [2.45, 2.75) is 39.8 Å². The van der Waals surface area contributed by atoms with Gasteiger partial charge in [0.2, 0.25) is 0 Å². The second-order valence-corrected chi connectivity index (χ2v) is 8.54. The summed E-state index contributed by atoms with van der Waals surface area (Å²) in [6.07, 6.45) is 1.15. The first-order chi connectivity index (χ1) is 10.0. The summed E-state index contributed by atoms with van der Waals surface area (Å²) in [7, 11) is 2.11. The van der Waals surface area contributed by atoms with Crippen LogP contribution in [0.5, 0.6) is 0 Å². The molecule has 6 heteroatoms. The molecule has 2 aromatic heterocycles. The minimum Gasteiger partial charge on any atom is -0.347 e. The van der Waals surface area contributed by atoms with E-state index in [1.807, 2.05) is 0 Å². The second kappa shape index (κ2) is 7.72. The van der Waals surface area contributed by atoms with Gasteiger partial charge in [0.1, 0.15) is 0 Å². The van der Waals surface area contributed by atoms with Crippen molar-refractivity contribution in [1.82, 2.24) is 10.3 Å². The third-order valence-corrected chi connectivity index (χ3v) is 6.29. The number of nitrogens with zero attached hydrogens (tertiary/aromatic N) is 2. The summed E-state index contributed by atoms with van der Waals surface area (Å²) in [4.78, 5) is 8.31. The Labute approximate surface area is 143 Å². The van der Waals surface area contributed by atoms with E-state index < -0.39 is 0 Å². The SMILES string of the molecule is CCCNC(C)c1sc(N(C)Cc2csc(Br)c2)nc1C. The monoisotopic (exact) mass is 387 g/mol. The lowest BCUT2D eigenvalue weighted by molar-refractivity contribution is 0.575. The minimum absolute atomic E-state index is 0.375. The standard InChI is InChI=1S/C15H22BrN3S2/c1-5-6-17-10(2)14-11(3)18-15(21-14)19(4)8-12-7-13(16)20-9-12/h7,9-10,17H,5-6,8H2,1-4H3. The molecule has 0 spiro atoms. The Morgan fingerprint density at radius 3 is 2.86 bits per heavy atom. The summed E-state index contributed by atoms with van der Waals surface area (Å²) in [5, 5.41) is 6.82. The third kappa shape index (κ3) is 4.52. The van der Waals surface area contributed by atoms with Gasteiger partial charge in [0.05, 0.1) is 9.48 Å². The van der Waals surface area contributed by atoms with E-state index in [4.69, 9.17) is 4.98 Å². The van der Waals surface area contributed by atoms with Gasteiger partial charge in [-0.3, -0.25) is 0 Å². The van der Waals surface area contributed by atoms with Crippen LogP contribution in [-0.2, 0) is 6.54 Å². The van der Waals surface area contributed by atoms with Gasteiger partial charge in [0.25, 0.3) is 0 Å². The number of thiazole rings is 1. The molecule has 0 bridgehead atoms. The number of halogens is 1. The zero-order chi connectivity index (χ0) is 15.4. The van der Waals surface area contributed by atoms with Crippen molar-refractivity contribution in [2.75, 3.05) is 18.5 Å². The Morgan fingerprint density at radius 2 is 2.24 bits per heavy atom. The van der Waals surface area contributed by atoms with Crippen molar-refractivity contribution in [2.24, 2.45) is 0 Å². The summed E-state index contributed by atoms with van der Waals surface area (Å²) >= 11 is 7.04. The summed E-state index contributed by atoms with van der Waals surface area (Å²) in [6.45, 7) is 8.46. The highest BCUT2D eigenvalue weighted by Crippen LogP contribution is 2.31. The molecule has 1 atom stereocenters. The summed E-state index contributed by atoms with van der Waals surface area (Å²) in [5.74, 6) is 0. The molecule has 116 valence electrons. The number of thiophene rings is 1. The van der Waals surface area contributed by atoms with Gasteiger partial charge in [-0.1, -0.05) is 6.92 Å². The van der Waals surface area contributed by atoms with Crippen molar-refractivity contribution in [3.05, 3.63) is 31.4 Å². The molecule has 0 fully saturated rings. The van der Waals surface area contributed by atoms with Crippen LogP contribution >= 0.6 is 38.6 Å². The lowest BCUT2D eigenvalue weighted by Crippen LogP contribution is -2.18. The van der Waals surface area contributed by atoms with Crippen molar-refractivity contribution >= 4 is 43.7 Å². The average molecular weight is 388 g/mol. The van der Waals surface area contributed by atoms with Crippen LogP contribution in [0.1, 0.15) is 42.4 Å². The van der Waals surface area contributed by atoms with Gasteiger partial charge in [-0.2, -0.15) is 0 Å². The first kappa shape index (κ1) is 16.9. The smallest absolute Gasteiger partial charge is 0.185 e. The molecule has 0 saturated heterocycles. The van der Waals surface area contributed by atoms with Crippen LogP contribution in [0.25, 0.3) is 0 Å². The maximum atomic E-state index is 4.74. The van der Waals surface area contributed by atoms with Gasteiger partial charge in [-0.05, 0) is 59.8 Å². The summed E-state index contributed by atoms with van der Waals surface area (Å²) < 4.78 is 1.18. The average Bonchev–Trinajstić information content (AvgIpc) is 3.02. The molecule has 2 aromatic rings. The normalized spacial score (nSPS) is 12.6. The molecule has 0 aromatic carbocycles. The van der Waals surface area contributed by atoms with Gasteiger partial charge in [-0.15, -0.1) is 22.7 Å². The van der Waals surface area contributed by atoms with Crippen molar-refractivity contribution in [3.63, 3.8) is 0 Å². The number of hydrogen-bond acceptors (Lipinski definition) is 5. The molecule has 1 N–H and O–H groups in total. The van der Waals surface area contributed by atoms with Gasteiger partial charge in [-0.25, -0.2) is 4.98 Å². The Morgan fingerprint density at radius 1 is 1.48 bits per heavy atom. The molecule has 21 heavy (non-hydrogen) atoms. The van der Waals surface area contributed by atoms with Crippen LogP contribution in [0.4, 0.5) is 5.13 Å². The fraction of sp³-hybridized carbons (Fsp3) is 0.533. The zero-order valence-corrected chi connectivity index (χ0v) is 16.2. The molecule has 2 rings (SSSR count). The van der Waals surface area contributed by atoms with Crippen LogP contribution in [0.2, 0.25) is 0 Å². The molecule has 0 aliphatic heterocycles. The number of anilines is 1. The molecule has 0 amide bonds. The highest BCUT2D eigenvalue weighted by molar-refractivity contribution is 9.11. The lowest BCUT2D eigenvalue weighted by atomic mass is 10.2. The number of hydrogen-bond donors (Lipinski definition) is 1. The molecule has 3 nitrogen and oxygen atoms in total. The fourth-order valence-electron chi connectivity index (χ4n) is 2.18. The van der Waals surface area contributed by atoms with E-state index in [2.05, 4.69) is 65.4 Å². The van der Waals surface area contributed by atoms with Gasteiger partial charge >= 0.3 is 0 Å². The Hall–Kier alpha value is -0.430. The molecule has 0 saturated carbocycles. The van der Waals surface area contributed by atoms with E-state index in [1.165, 1.54) is 14.2 Å². The van der Waals surface area contributed by atoms with Crippen molar-refractivity contribution in [1.29, 1.82) is 0 Å². The molecule has 0 radical (unpaired) electrons. The van der Waals surface area contributed by atoms with Gasteiger partial charge in [0.15, 0.2) is 5.13 Å². The molecule has 2 heterocycles. The predicted molar refractivity (Wildman–Crippen MR) is 97.7 cm³/mol. The van der Waals surface area contributed by atoms with Crippen LogP contribution in [0.15, 0.2) is 15.2 Å². The molecule has 0 aliphatic carbocycles. The maximum Gasteiger partial charge on any atom is 0.185 e. The number of rotatable bonds is 7. The van der Waals surface area contributed by atoms with Crippen LogP contribution < -0.4 is 10.2 Å². The minimum atomic E-state index is 0.375. The molecular weight excluding hydrogens is 366 g/mol. The first-order valence-electron chi connectivity index (χ1n) is 7.16. The summed E-state index contributed by atoms with van der Waals surface area (Å²) in [6, 6.07) is 2.55. The second-order valence-electron chi connectivity index (χ2n) is 5.24. The van der Waals surface area contributed by atoms with Crippen molar-refractivity contribution < 1.29 is 0 Å². The van der Waals surface area contributed by atoms with Gasteiger partial charge in [0, 0.05) is 24.5 Å². The van der Waals surface area contributed by atoms with E-state index in [9.17, 15) is 0 Å². The third-order valence-electron chi connectivity index (χ3n) is 3.28. The Bertz CT molecular complexity index is 579. The van der Waals surface area contributed by atoms with Crippen molar-refractivity contribution in [3.8, 4) is 0 Å². The Kier molecular flexibility index (Phi) is 6.22. The summed E-state index contributed by atoms with van der Waals surface area (Å²) in [5.41, 5.74) is 2.46. The number of nitrogens with one attached hydrogen (secondary N) is 1. The predicted octanol–water partition coefficient (Wildman–Crippen LogP) is 4.97. The van der Waals surface area contributed by atoms with E-state index >= 15 is 0 Å². The topological polar surface area (TPSA) is 28.2 Å². The highest BCUT2D eigenvalue weighted by Gasteiger charge is 2.16. The van der Waals surface area contributed by atoms with E-state index in [0.29, 0.717) is 6.04 Å². The number of aryl methyl sites for hydroxylation is 1. The van der Waals surface area contributed by atoms with Crippen LogP contribution in [-0.4, -0.2) is 18.6 Å². The van der Waals surface area contributed by atoms with Crippen LogP contribution in [0, 0.1) is 6.92 Å².